The molecule has 0 spiro atoms. The Morgan fingerprint density at radius 3 is 2.89 bits per heavy atom. The predicted molar refractivity (Wildman–Crippen MR) is 76.1 cm³/mol. The van der Waals surface area contributed by atoms with Crippen LogP contribution in [0.5, 0.6) is 0 Å². The lowest BCUT2D eigenvalue weighted by molar-refractivity contribution is 0.116. The van der Waals surface area contributed by atoms with Crippen LogP contribution >= 0.6 is 0 Å². The second-order valence-electron chi connectivity index (χ2n) is 5.96. The average molecular weight is 262 g/mol. The Morgan fingerprint density at radius 2 is 2.16 bits per heavy atom. The molecule has 0 aliphatic heterocycles. The molecule has 0 amide bonds. The number of aliphatic hydroxyl groups excluding tert-OH is 1. The van der Waals surface area contributed by atoms with Crippen molar-refractivity contribution >= 4 is 11.1 Å². The van der Waals surface area contributed by atoms with Crippen molar-refractivity contribution in [2.75, 3.05) is 26.7 Å². The Kier molecular flexibility index (Phi) is 4.22. The molecule has 1 heterocycles. The Hall–Kier alpha value is -1.39. The normalized spacial score (nSPS) is 12.5. The molecule has 2 rings (SSSR count). The van der Waals surface area contributed by atoms with Crippen molar-refractivity contribution in [3.63, 3.8) is 0 Å². The van der Waals surface area contributed by atoms with Crippen LogP contribution in [-0.2, 0) is 6.42 Å². The summed E-state index contributed by atoms with van der Waals surface area (Å²) in [5, 5.41) is 9.28. The van der Waals surface area contributed by atoms with Gasteiger partial charge in [-0.15, -0.1) is 0 Å². The van der Waals surface area contributed by atoms with Gasteiger partial charge in [0.25, 0.3) is 0 Å². The Morgan fingerprint density at radius 1 is 1.37 bits per heavy atom. The summed E-state index contributed by atoms with van der Waals surface area (Å²) >= 11 is 0. The minimum atomic E-state index is -0.0519. The zero-order valence-corrected chi connectivity index (χ0v) is 11.9. The van der Waals surface area contributed by atoms with Crippen LogP contribution in [0.15, 0.2) is 29.0 Å². The molecule has 0 saturated carbocycles. The van der Waals surface area contributed by atoms with Gasteiger partial charge in [-0.05, 0) is 31.2 Å². The first-order valence-corrected chi connectivity index (χ1v) is 6.62. The van der Waals surface area contributed by atoms with Crippen molar-refractivity contribution in [1.82, 2.24) is 9.88 Å². The maximum absolute atomic E-state index is 9.28. The quantitative estimate of drug-likeness (QED) is 0.868. The van der Waals surface area contributed by atoms with E-state index in [9.17, 15) is 5.11 Å². The lowest BCUT2D eigenvalue weighted by Gasteiger charge is -2.28. The van der Waals surface area contributed by atoms with E-state index in [1.54, 1.807) is 0 Å². The van der Waals surface area contributed by atoms with Crippen molar-refractivity contribution in [2.24, 2.45) is 5.41 Å². The second kappa shape index (κ2) is 5.72. The zero-order chi connectivity index (χ0) is 13.9. The topological polar surface area (TPSA) is 49.5 Å². The van der Waals surface area contributed by atoms with E-state index in [0.717, 1.165) is 30.6 Å². The Labute approximate surface area is 114 Å². The average Bonchev–Trinajstić information content (AvgIpc) is 2.83. The van der Waals surface area contributed by atoms with Crippen LogP contribution in [0.25, 0.3) is 11.1 Å². The number of hydrogen-bond donors (Lipinski definition) is 1. The standard InChI is InChI=1S/C15H22N2O2/c1-15(2,10-18)9-17(3)7-6-12-4-5-13-14(8-12)19-11-16-13/h4-5,8,11,18H,6-7,9-10H2,1-3H3. The molecule has 0 atom stereocenters. The van der Waals surface area contributed by atoms with E-state index in [0.29, 0.717) is 0 Å². The molecule has 104 valence electrons. The number of aliphatic hydroxyl groups is 1. The van der Waals surface area contributed by atoms with Crippen LogP contribution < -0.4 is 0 Å². The number of fused-ring (bicyclic) bond motifs is 1. The fourth-order valence-electron chi connectivity index (χ4n) is 2.23. The van der Waals surface area contributed by atoms with Crippen LogP contribution in [-0.4, -0.2) is 41.7 Å². The maximum atomic E-state index is 9.28. The minimum absolute atomic E-state index is 0.0519. The molecule has 0 aliphatic rings. The summed E-state index contributed by atoms with van der Waals surface area (Å²) in [5.41, 5.74) is 2.94. The van der Waals surface area contributed by atoms with Gasteiger partial charge in [0.1, 0.15) is 5.52 Å². The summed E-state index contributed by atoms with van der Waals surface area (Å²) in [4.78, 5) is 6.36. The molecule has 0 unspecified atom stereocenters. The smallest absolute Gasteiger partial charge is 0.181 e. The molecule has 1 aromatic carbocycles. The van der Waals surface area contributed by atoms with Crippen molar-refractivity contribution in [3.8, 4) is 0 Å². The van der Waals surface area contributed by atoms with E-state index in [1.807, 2.05) is 12.1 Å². The van der Waals surface area contributed by atoms with E-state index in [2.05, 4.69) is 36.8 Å². The van der Waals surface area contributed by atoms with E-state index >= 15 is 0 Å². The molecule has 2 aromatic rings. The van der Waals surface area contributed by atoms with Gasteiger partial charge in [-0.1, -0.05) is 19.9 Å². The lowest BCUT2D eigenvalue weighted by atomic mass is 9.94. The third-order valence-corrected chi connectivity index (χ3v) is 3.30. The molecule has 4 heteroatoms. The lowest BCUT2D eigenvalue weighted by Crippen LogP contribution is -2.35. The van der Waals surface area contributed by atoms with Gasteiger partial charge in [-0.2, -0.15) is 0 Å². The van der Waals surface area contributed by atoms with E-state index in [4.69, 9.17) is 4.42 Å². The summed E-state index contributed by atoms with van der Waals surface area (Å²) in [6.07, 6.45) is 2.44. The first-order valence-electron chi connectivity index (χ1n) is 6.62. The Balaban J connectivity index is 1.91. The van der Waals surface area contributed by atoms with E-state index < -0.39 is 0 Å². The van der Waals surface area contributed by atoms with Crippen molar-refractivity contribution < 1.29 is 9.52 Å². The molecular weight excluding hydrogens is 240 g/mol. The van der Waals surface area contributed by atoms with Crippen molar-refractivity contribution in [2.45, 2.75) is 20.3 Å². The van der Waals surface area contributed by atoms with Gasteiger partial charge in [0.2, 0.25) is 0 Å². The molecular formula is C15H22N2O2. The van der Waals surface area contributed by atoms with Gasteiger partial charge in [0.15, 0.2) is 12.0 Å². The maximum Gasteiger partial charge on any atom is 0.181 e. The molecule has 0 aliphatic carbocycles. The van der Waals surface area contributed by atoms with Crippen molar-refractivity contribution in [1.29, 1.82) is 0 Å². The first kappa shape index (κ1) is 14.0. The summed E-state index contributed by atoms with van der Waals surface area (Å²) in [5.74, 6) is 0. The van der Waals surface area contributed by atoms with Crippen molar-refractivity contribution in [3.05, 3.63) is 30.2 Å². The minimum Gasteiger partial charge on any atom is -0.443 e. The number of aromatic nitrogens is 1. The summed E-state index contributed by atoms with van der Waals surface area (Å²) in [7, 11) is 2.09. The van der Waals surface area contributed by atoms with E-state index in [-0.39, 0.29) is 12.0 Å². The number of oxazole rings is 1. The summed E-state index contributed by atoms with van der Waals surface area (Å²) in [6.45, 7) is 6.20. The van der Waals surface area contributed by atoms with Gasteiger partial charge in [-0.25, -0.2) is 4.98 Å². The highest BCUT2D eigenvalue weighted by Crippen LogP contribution is 2.17. The van der Waals surface area contributed by atoms with Crippen LogP contribution in [0.2, 0.25) is 0 Å². The fourth-order valence-corrected chi connectivity index (χ4v) is 2.23. The second-order valence-corrected chi connectivity index (χ2v) is 5.96. The largest absolute Gasteiger partial charge is 0.443 e. The Bertz CT molecular complexity index is 534. The summed E-state index contributed by atoms with van der Waals surface area (Å²) in [6, 6.07) is 6.13. The number of likely N-dealkylation sites (N-methyl/N-ethyl adjacent to an activating group) is 1. The highest BCUT2D eigenvalue weighted by Gasteiger charge is 2.18. The van der Waals surface area contributed by atoms with Crippen LogP contribution in [0.1, 0.15) is 19.4 Å². The highest BCUT2D eigenvalue weighted by molar-refractivity contribution is 5.72. The third-order valence-electron chi connectivity index (χ3n) is 3.30. The number of nitrogens with zero attached hydrogens (tertiary/aromatic N) is 2. The van der Waals surface area contributed by atoms with Gasteiger partial charge < -0.3 is 14.4 Å². The third kappa shape index (κ3) is 3.78. The molecule has 0 fully saturated rings. The molecule has 19 heavy (non-hydrogen) atoms. The van der Waals surface area contributed by atoms with Gasteiger partial charge in [-0.3, -0.25) is 0 Å². The predicted octanol–water partition coefficient (Wildman–Crippen LogP) is 2.32. The summed E-state index contributed by atoms with van der Waals surface area (Å²) < 4.78 is 5.31. The first-order chi connectivity index (χ1) is 9.00. The SMILES string of the molecule is CN(CCc1ccc2ncoc2c1)CC(C)(C)CO. The van der Waals surface area contributed by atoms with E-state index in [1.165, 1.54) is 12.0 Å². The zero-order valence-electron chi connectivity index (χ0n) is 11.9. The van der Waals surface area contributed by atoms with Gasteiger partial charge in [0, 0.05) is 25.1 Å². The van der Waals surface area contributed by atoms with Crippen LogP contribution in [0.4, 0.5) is 0 Å². The molecule has 1 N–H and O–H groups in total. The molecule has 0 radical (unpaired) electrons. The van der Waals surface area contributed by atoms with Crippen LogP contribution in [0, 0.1) is 5.41 Å². The molecule has 0 bridgehead atoms. The van der Waals surface area contributed by atoms with Gasteiger partial charge >= 0.3 is 0 Å². The number of rotatable bonds is 6. The molecule has 4 nitrogen and oxygen atoms in total. The fraction of sp³-hybridized carbons (Fsp3) is 0.533. The number of benzene rings is 1. The van der Waals surface area contributed by atoms with Gasteiger partial charge in [0.05, 0.1) is 0 Å². The number of hydrogen-bond acceptors (Lipinski definition) is 4. The molecule has 0 saturated heterocycles. The monoisotopic (exact) mass is 262 g/mol. The van der Waals surface area contributed by atoms with Crippen LogP contribution in [0.3, 0.4) is 0 Å². The molecule has 1 aromatic heterocycles. The highest BCUT2D eigenvalue weighted by atomic mass is 16.3.